The Bertz CT molecular complexity index is 138. The summed E-state index contributed by atoms with van der Waals surface area (Å²) in [7, 11) is 0. The number of rotatable bonds is 7. The van der Waals surface area contributed by atoms with Gasteiger partial charge >= 0.3 is 0 Å². The Morgan fingerprint density at radius 2 is 2.23 bits per heavy atom. The second-order valence-electron chi connectivity index (χ2n) is 3.69. The van der Waals surface area contributed by atoms with Gasteiger partial charge in [-0.2, -0.15) is 0 Å². The number of hydrogen-bond acceptors (Lipinski definition) is 3. The van der Waals surface area contributed by atoms with Gasteiger partial charge in [0.05, 0.1) is 25.4 Å². The molecule has 3 heteroatoms. The second kappa shape index (κ2) is 5.58. The number of hydrogen-bond donors (Lipinski definition) is 1. The number of epoxide rings is 1. The van der Waals surface area contributed by atoms with E-state index in [2.05, 4.69) is 13.8 Å². The first kappa shape index (κ1) is 11.0. The molecule has 1 heterocycles. The molecule has 0 aromatic rings. The monoisotopic (exact) mass is 188 g/mol. The lowest BCUT2D eigenvalue weighted by molar-refractivity contribution is 0.0625. The molecule has 1 fully saturated rings. The first-order valence-electron chi connectivity index (χ1n) is 5.12. The molecule has 1 N–H and O–H groups in total. The van der Waals surface area contributed by atoms with E-state index < -0.39 is 0 Å². The number of aliphatic hydroxyl groups excluding tert-OH is 1. The van der Waals surface area contributed by atoms with Crippen molar-refractivity contribution in [2.45, 2.75) is 38.9 Å². The molecule has 3 nitrogen and oxygen atoms in total. The van der Waals surface area contributed by atoms with Crippen molar-refractivity contribution >= 4 is 0 Å². The van der Waals surface area contributed by atoms with Crippen molar-refractivity contribution in [3.05, 3.63) is 0 Å². The highest BCUT2D eigenvalue weighted by molar-refractivity contribution is 4.82. The van der Waals surface area contributed by atoms with Crippen LogP contribution in [0.2, 0.25) is 0 Å². The van der Waals surface area contributed by atoms with Gasteiger partial charge in [0.1, 0.15) is 0 Å². The summed E-state index contributed by atoms with van der Waals surface area (Å²) in [6.45, 7) is 5.60. The number of ether oxygens (including phenoxy) is 2. The van der Waals surface area contributed by atoms with E-state index in [0.717, 1.165) is 19.4 Å². The van der Waals surface area contributed by atoms with Crippen LogP contribution >= 0.6 is 0 Å². The van der Waals surface area contributed by atoms with Gasteiger partial charge in [0, 0.05) is 6.61 Å². The average molecular weight is 188 g/mol. The molecule has 0 saturated carbocycles. The van der Waals surface area contributed by atoms with Crippen LogP contribution in [0.15, 0.2) is 0 Å². The largest absolute Gasteiger partial charge is 0.394 e. The first-order valence-corrected chi connectivity index (χ1v) is 5.12. The average Bonchev–Trinajstić information content (AvgIpc) is 2.80. The van der Waals surface area contributed by atoms with E-state index in [-0.39, 0.29) is 6.61 Å². The van der Waals surface area contributed by atoms with E-state index in [9.17, 15) is 0 Å². The molecule has 0 aromatic heterocycles. The first-order chi connectivity index (χ1) is 6.27. The van der Waals surface area contributed by atoms with E-state index >= 15 is 0 Å². The van der Waals surface area contributed by atoms with Crippen LogP contribution in [-0.4, -0.2) is 37.1 Å². The lowest BCUT2D eigenvalue weighted by Crippen LogP contribution is -2.13. The van der Waals surface area contributed by atoms with Gasteiger partial charge in [-0.05, 0) is 19.3 Å². The standard InChI is InChI=1S/C10H20O3/c1-3-9(7-12-5-4-11)6-10-8(2)13-10/h8-11H,3-7H2,1-2H3. The van der Waals surface area contributed by atoms with Gasteiger partial charge < -0.3 is 14.6 Å². The van der Waals surface area contributed by atoms with Crippen molar-refractivity contribution in [3.8, 4) is 0 Å². The Labute approximate surface area is 80.0 Å². The van der Waals surface area contributed by atoms with Crippen LogP contribution in [0, 0.1) is 5.92 Å². The van der Waals surface area contributed by atoms with E-state index in [4.69, 9.17) is 14.6 Å². The maximum absolute atomic E-state index is 8.54. The maximum Gasteiger partial charge on any atom is 0.0842 e. The lowest BCUT2D eigenvalue weighted by Gasteiger charge is -2.12. The third-order valence-corrected chi connectivity index (χ3v) is 2.57. The molecule has 78 valence electrons. The molecule has 1 aliphatic heterocycles. The topological polar surface area (TPSA) is 42.0 Å². The van der Waals surface area contributed by atoms with Crippen LogP contribution in [0.25, 0.3) is 0 Å². The quantitative estimate of drug-likeness (QED) is 0.482. The van der Waals surface area contributed by atoms with Crippen molar-refractivity contribution in [1.29, 1.82) is 0 Å². The molecule has 0 aliphatic carbocycles. The zero-order valence-corrected chi connectivity index (χ0v) is 8.53. The van der Waals surface area contributed by atoms with Crippen molar-refractivity contribution in [3.63, 3.8) is 0 Å². The van der Waals surface area contributed by atoms with E-state index in [0.29, 0.717) is 24.7 Å². The number of aliphatic hydroxyl groups is 1. The van der Waals surface area contributed by atoms with Crippen LogP contribution in [0.5, 0.6) is 0 Å². The Morgan fingerprint density at radius 1 is 1.54 bits per heavy atom. The third-order valence-electron chi connectivity index (χ3n) is 2.57. The molecule has 0 radical (unpaired) electrons. The fourth-order valence-corrected chi connectivity index (χ4v) is 1.47. The van der Waals surface area contributed by atoms with Gasteiger partial charge in [-0.25, -0.2) is 0 Å². The van der Waals surface area contributed by atoms with E-state index in [1.807, 2.05) is 0 Å². The zero-order chi connectivity index (χ0) is 9.68. The third kappa shape index (κ3) is 4.07. The van der Waals surface area contributed by atoms with Crippen LogP contribution in [-0.2, 0) is 9.47 Å². The summed E-state index contributed by atoms with van der Waals surface area (Å²) in [6, 6.07) is 0. The van der Waals surface area contributed by atoms with Crippen LogP contribution in [0.3, 0.4) is 0 Å². The zero-order valence-electron chi connectivity index (χ0n) is 8.53. The highest BCUT2D eigenvalue weighted by atomic mass is 16.6. The lowest BCUT2D eigenvalue weighted by atomic mass is 10.0. The predicted octanol–water partition coefficient (Wildman–Crippen LogP) is 1.20. The molecule has 0 spiro atoms. The normalized spacial score (nSPS) is 28.8. The molecular weight excluding hydrogens is 168 g/mol. The van der Waals surface area contributed by atoms with Gasteiger partial charge in [-0.15, -0.1) is 0 Å². The minimum atomic E-state index is 0.118. The van der Waals surface area contributed by atoms with Crippen LogP contribution in [0.1, 0.15) is 26.7 Å². The molecule has 0 amide bonds. The minimum Gasteiger partial charge on any atom is -0.394 e. The summed E-state index contributed by atoms with van der Waals surface area (Å²) in [5.41, 5.74) is 0. The van der Waals surface area contributed by atoms with Crippen molar-refractivity contribution in [1.82, 2.24) is 0 Å². The van der Waals surface area contributed by atoms with Gasteiger partial charge in [-0.3, -0.25) is 0 Å². The van der Waals surface area contributed by atoms with Gasteiger partial charge in [0.15, 0.2) is 0 Å². The maximum atomic E-state index is 8.54. The molecule has 3 unspecified atom stereocenters. The van der Waals surface area contributed by atoms with Crippen molar-refractivity contribution in [2.75, 3.05) is 19.8 Å². The fraction of sp³-hybridized carbons (Fsp3) is 1.00. The molecule has 1 aliphatic rings. The summed E-state index contributed by atoms with van der Waals surface area (Å²) in [5.74, 6) is 0.585. The molecule has 1 rings (SSSR count). The smallest absolute Gasteiger partial charge is 0.0842 e. The Morgan fingerprint density at radius 3 is 2.69 bits per heavy atom. The van der Waals surface area contributed by atoms with Crippen LogP contribution < -0.4 is 0 Å². The second-order valence-corrected chi connectivity index (χ2v) is 3.69. The minimum absolute atomic E-state index is 0.118. The van der Waals surface area contributed by atoms with E-state index in [1.54, 1.807) is 0 Å². The summed E-state index contributed by atoms with van der Waals surface area (Å²) in [4.78, 5) is 0. The Kier molecular flexibility index (Phi) is 4.70. The van der Waals surface area contributed by atoms with E-state index in [1.165, 1.54) is 0 Å². The molecular formula is C10H20O3. The van der Waals surface area contributed by atoms with Gasteiger partial charge in [0.25, 0.3) is 0 Å². The Hall–Kier alpha value is -0.120. The molecule has 1 saturated heterocycles. The molecule has 13 heavy (non-hydrogen) atoms. The molecule has 0 aromatic carbocycles. The highest BCUT2D eigenvalue weighted by Crippen LogP contribution is 2.29. The summed E-state index contributed by atoms with van der Waals surface area (Å²) < 4.78 is 10.6. The SMILES string of the molecule is CCC(COCCO)CC1OC1C. The van der Waals surface area contributed by atoms with Crippen LogP contribution in [0.4, 0.5) is 0 Å². The fourth-order valence-electron chi connectivity index (χ4n) is 1.47. The van der Waals surface area contributed by atoms with Crippen molar-refractivity contribution < 1.29 is 14.6 Å². The highest BCUT2D eigenvalue weighted by Gasteiger charge is 2.35. The Balaban J connectivity index is 2.04. The summed E-state index contributed by atoms with van der Waals surface area (Å²) in [6.07, 6.45) is 3.13. The van der Waals surface area contributed by atoms with Gasteiger partial charge in [0.2, 0.25) is 0 Å². The summed E-state index contributed by atoms with van der Waals surface area (Å²) >= 11 is 0. The van der Waals surface area contributed by atoms with Gasteiger partial charge in [-0.1, -0.05) is 13.3 Å². The molecule has 3 atom stereocenters. The summed E-state index contributed by atoms with van der Waals surface area (Å²) in [5, 5.41) is 8.54. The predicted molar refractivity (Wildman–Crippen MR) is 50.6 cm³/mol. The molecule has 0 bridgehead atoms. The van der Waals surface area contributed by atoms with Crippen molar-refractivity contribution in [2.24, 2.45) is 5.92 Å².